The van der Waals surface area contributed by atoms with E-state index in [1.165, 1.54) is 0 Å². The zero-order chi connectivity index (χ0) is 10.1. The molecule has 1 unspecified atom stereocenters. The van der Waals surface area contributed by atoms with Gasteiger partial charge in [0.15, 0.2) is 0 Å². The van der Waals surface area contributed by atoms with E-state index in [-0.39, 0.29) is 12.4 Å². The van der Waals surface area contributed by atoms with Gasteiger partial charge < -0.3 is 10.2 Å². The fourth-order valence-electron chi connectivity index (χ4n) is 1.12. The number of hydrogen-bond acceptors (Lipinski definition) is 3. The molecule has 0 rings (SSSR count). The second kappa shape index (κ2) is 8.20. The number of aliphatic hydroxyl groups is 2. The van der Waals surface area contributed by atoms with Gasteiger partial charge in [-0.25, -0.2) is 0 Å². The molecule has 0 aromatic heterocycles. The Balaban J connectivity index is 3.30. The third-order valence-electron chi connectivity index (χ3n) is 2.03. The van der Waals surface area contributed by atoms with E-state index in [9.17, 15) is 4.79 Å². The Morgan fingerprint density at radius 1 is 1.31 bits per heavy atom. The molecule has 0 heterocycles. The molecule has 3 nitrogen and oxygen atoms in total. The van der Waals surface area contributed by atoms with Crippen LogP contribution in [0, 0.1) is 0 Å². The van der Waals surface area contributed by atoms with Crippen molar-refractivity contribution in [2.24, 2.45) is 0 Å². The average molecular weight is 188 g/mol. The van der Waals surface area contributed by atoms with Gasteiger partial charge in [0.25, 0.3) is 0 Å². The van der Waals surface area contributed by atoms with Crippen molar-refractivity contribution in [3.8, 4) is 0 Å². The fourth-order valence-corrected chi connectivity index (χ4v) is 1.12. The maximum absolute atomic E-state index is 11.1. The number of rotatable bonds is 8. The average Bonchev–Trinajstić information content (AvgIpc) is 2.14. The van der Waals surface area contributed by atoms with Crippen molar-refractivity contribution in [1.29, 1.82) is 0 Å². The second-order valence-corrected chi connectivity index (χ2v) is 3.37. The summed E-state index contributed by atoms with van der Waals surface area (Å²) < 4.78 is 0. The van der Waals surface area contributed by atoms with Crippen LogP contribution < -0.4 is 0 Å². The minimum atomic E-state index is -0.727. The third kappa shape index (κ3) is 7.94. The highest BCUT2D eigenvalue weighted by Gasteiger charge is 2.06. The van der Waals surface area contributed by atoms with Crippen LogP contribution in [0.15, 0.2) is 0 Å². The van der Waals surface area contributed by atoms with Gasteiger partial charge in [0.05, 0.1) is 12.7 Å². The molecule has 0 aromatic carbocycles. The molecule has 2 N–H and O–H groups in total. The van der Waals surface area contributed by atoms with Crippen LogP contribution in [-0.4, -0.2) is 28.7 Å². The molecular weight excluding hydrogens is 168 g/mol. The first-order chi connectivity index (χ1) is 6.20. The van der Waals surface area contributed by atoms with Crippen LogP contribution >= 0.6 is 0 Å². The van der Waals surface area contributed by atoms with Crippen molar-refractivity contribution >= 4 is 5.78 Å². The molecule has 0 radical (unpaired) electrons. The summed E-state index contributed by atoms with van der Waals surface area (Å²) in [4.78, 5) is 11.1. The van der Waals surface area contributed by atoms with Gasteiger partial charge in [-0.15, -0.1) is 0 Å². The van der Waals surface area contributed by atoms with Crippen molar-refractivity contribution in [2.45, 2.75) is 51.6 Å². The quantitative estimate of drug-likeness (QED) is 0.564. The van der Waals surface area contributed by atoms with E-state index in [1.807, 2.05) is 0 Å². The lowest BCUT2D eigenvalue weighted by molar-refractivity contribution is -0.119. The Bertz CT molecular complexity index is 134. The van der Waals surface area contributed by atoms with E-state index in [1.54, 1.807) is 0 Å². The first-order valence-electron chi connectivity index (χ1n) is 5.01. The standard InChI is InChI=1S/C10H20O3/c1-2-3-4-5-9(12)6-7-10(13)8-11/h10-11,13H,2-8H2,1H3. The maximum Gasteiger partial charge on any atom is 0.133 e. The molecule has 0 aliphatic carbocycles. The van der Waals surface area contributed by atoms with Crippen LogP contribution in [0.4, 0.5) is 0 Å². The molecule has 3 heteroatoms. The first-order valence-corrected chi connectivity index (χ1v) is 5.01. The molecule has 0 saturated heterocycles. The van der Waals surface area contributed by atoms with E-state index < -0.39 is 6.10 Å². The third-order valence-corrected chi connectivity index (χ3v) is 2.03. The molecule has 0 fully saturated rings. The largest absolute Gasteiger partial charge is 0.394 e. The normalized spacial score (nSPS) is 12.8. The van der Waals surface area contributed by atoms with Crippen molar-refractivity contribution < 1.29 is 15.0 Å². The Kier molecular flexibility index (Phi) is 7.94. The van der Waals surface area contributed by atoms with Gasteiger partial charge in [-0.1, -0.05) is 19.8 Å². The monoisotopic (exact) mass is 188 g/mol. The SMILES string of the molecule is CCCCCC(=O)CCC(O)CO. The van der Waals surface area contributed by atoms with E-state index in [2.05, 4.69) is 6.92 Å². The molecule has 0 spiro atoms. The van der Waals surface area contributed by atoms with Crippen molar-refractivity contribution in [3.63, 3.8) is 0 Å². The van der Waals surface area contributed by atoms with Crippen LogP contribution in [0.3, 0.4) is 0 Å². The van der Waals surface area contributed by atoms with Gasteiger partial charge >= 0.3 is 0 Å². The van der Waals surface area contributed by atoms with Gasteiger partial charge in [0, 0.05) is 12.8 Å². The fraction of sp³-hybridized carbons (Fsp3) is 0.900. The van der Waals surface area contributed by atoms with Gasteiger partial charge in [-0.3, -0.25) is 4.79 Å². The summed E-state index contributed by atoms with van der Waals surface area (Å²) >= 11 is 0. The zero-order valence-electron chi connectivity index (χ0n) is 8.33. The van der Waals surface area contributed by atoms with Crippen molar-refractivity contribution in [3.05, 3.63) is 0 Å². The molecule has 0 bridgehead atoms. The van der Waals surface area contributed by atoms with E-state index in [0.717, 1.165) is 19.3 Å². The van der Waals surface area contributed by atoms with Crippen molar-refractivity contribution in [1.82, 2.24) is 0 Å². The summed E-state index contributed by atoms with van der Waals surface area (Å²) in [7, 11) is 0. The van der Waals surface area contributed by atoms with Crippen LogP contribution in [-0.2, 0) is 4.79 Å². The zero-order valence-corrected chi connectivity index (χ0v) is 8.33. The Hall–Kier alpha value is -0.410. The molecule has 0 saturated carbocycles. The molecule has 0 amide bonds. The Morgan fingerprint density at radius 2 is 2.00 bits per heavy atom. The number of Topliss-reactive ketones (excluding diaryl/α,β-unsaturated/α-hetero) is 1. The maximum atomic E-state index is 11.1. The van der Waals surface area contributed by atoms with Crippen molar-refractivity contribution in [2.75, 3.05) is 6.61 Å². The number of ketones is 1. The molecule has 0 aromatic rings. The van der Waals surface area contributed by atoms with E-state index >= 15 is 0 Å². The Morgan fingerprint density at radius 3 is 2.54 bits per heavy atom. The van der Waals surface area contributed by atoms with Crippen LogP contribution in [0.2, 0.25) is 0 Å². The van der Waals surface area contributed by atoms with Gasteiger partial charge in [0.2, 0.25) is 0 Å². The number of hydrogen-bond donors (Lipinski definition) is 2. The molecule has 78 valence electrons. The highest BCUT2D eigenvalue weighted by atomic mass is 16.3. The Labute approximate surface area is 79.8 Å². The molecule has 13 heavy (non-hydrogen) atoms. The van der Waals surface area contributed by atoms with E-state index in [0.29, 0.717) is 19.3 Å². The molecule has 1 atom stereocenters. The lowest BCUT2D eigenvalue weighted by atomic mass is 10.1. The van der Waals surface area contributed by atoms with Crippen LogP contribution in [0.25, 0.3) is 0 Å². The number of aliphatic hydroxyl groups excluding tert-OH is 2. The molecule has 0 aliphatic rings. The van der Waals surface area contributed by atoms with Gasteiger partial charge in [0.1, 0.15) is 5.78 Å². The second-order valence-electron chi connectivity index (χ2n) is 3.37. The molecular formula is C10H20O3. The number of carbonyl (C=O) groups is 1. The topological polar surface area (TPSA) is 57.5 Å². The van der Waals surface area contributed by atoms with Crippen LogP contribution in [0.1, 0.15) is 45.4 Å². The smallest absolute Gasteiger partial charge is 0.133 e. The van der Waals surface area contributed by atoms with Gasteiger partial charge in [-0.05, 0) is 12.8 Å². The molecule has 0 aliphatic heterocycles. The highest BCUT2D eigenvalue weighted by molar-refractivity contribution is 5.78. The predicted octanol–water partition coefficient (Wildman–Crippen LogP) is 1.27. The lowest BCUT2D eigenvalue weighted by Gasteiger charge is -2.05. The number of carbonyl (C=O) groups excluding carboxylic acids is 1. The summed E-state index contributed by atoms with van der Waals surface area (Å²) in [5.41, 5.74) is 0. The summed E-state index contributed by atoms with van der Waals surface area (Å²) in [6, 6.07) is 0. The predicted molar refractivity (Wildman–Crippen MR) is 51.5 cm³/mol. The summed E-state index contributed by atoms with van der Waals surface area (Å²) in [5, 5.41) is 17.5. The lowest BCUT2D eigenvalue weighted by Crippen LogP contribution is -2.13. The first kappa shape index (κ1) is 12.6. The summed E-state index contributed by atoms with van der Waals surface area (Å²) in [6.45, 7) is 1.85. The van der Waals surface area contributed by atoms with E-state index in [4.69, 9.17) is 10.2 Å². The van der Waals surface area contributed by atoms with Crippen LogP contribution in [0.5, 0.6) is 0 Å². The summed E-state index contributed by atoms with van der Waals surface area (Å²) in [5.74, 6) is 0.195. The summed E-state index contributed by atoms with van der Waals surface area (Å²) in [6.07, 6.45) is 3.83. The highest BCUT2D eigenvalue weighted by Crippen LogP contribution is 2.05. The minimum absolute atomic E-state index is 0.195. The number of unbranched alkanes of at least 4 members (excludes halogenated alkanes) is 2. The minimum Gasteiger partial charge on any atom is -0.394 e. The van der Waals surface area contributed by atoms with Gasteiger partial charge in [-0.2, -0.15) is 0 Å².